The molecule has 23 heavy (non-hydrogen) atoms. The molecule has 0 atom stereocenters. The van der Waals surface area contributed by atoms with E-state index in [0.29, 0.717) is 0 Å². The van der Waals surface area contributed by atoms with E-state index in [2.05, 4.69) is 73.5 Å². The fourth-order valence-electron chi connectivity index (χ4n) is 2.52. The first-order chi connectivity index (χ1) is 11.1. The summed E-state index contributed by atoms with van der Waals surface area (Å²) in [6.45, 7) is 6.80. The van der Waals surface area contributed by atoms with Crippen LogP contribution in [0.5, 0.6) is 0 Å². The summed E-state index contributed by atoms with van der Waals surface area (Å²) in [5, 5.41) is 3.43. The van der Waals surface area contributed by atoms with Crippen LogP contribution in [0.2, 0.25) is 0 Å². The summed E-state index contributed by atoms with van der Waals surface area (Å²) in [7, 11) is 1.77. The standard InChI is InChI=1S/C21H26N2/c1-5-21(2,3)19-13-12-18(17-10-7-6-8-11-17)16-20(19)23-15-9-14-22-4/h6-16,23H,5H2,1-4H3/b15-9-,22-14?. The molecule has 2 rings (SSSR count). The van der Waals surface area contributed by atoms with Crippen LogP contribution < -0.4 is 5.32 Å². The van der Waals surface area contributed by atoms with Gasteiger partial charge in [0.15, 0.2) is 0 Å². The predicted molar refractivity (Wildman–Crippen MR) is 102 cm³/mol. The number of hydrogen-bond acceptors (Lipinski definition) is 2. The SMILES string of the molecule is CCC(C)(C)c1ccc(-c2ccccc2)cc1N/C=C\C=NC. The molecule has 0 fully saturated rings. The highest BCUT2D eigenvalue weighted by atomic mass is 14.8. The van der Waals surface area contributed by atoms with Crippen molar-refractivity contribution in [1.29, 1.82) is 0 Å². The van der Waals surface area contributed by atoms with Crippen LogP contribution in [0.1, 0.15) is 32.8 Å². The molecule has 0 spiro atoms. The van der Waals surface area contributed by atoms with Crippen molar-refractivity contribution in [2.45, 2.75) is 32.6 Å². The minimum Gasteiger partial charge on any atom is -0.361 e. The van der Waals surface area contributed by atoms with Gasteiger partial charge in [-0.05, 0) is 40.7 Å². The summed E-state index contributed by atoms with van der Waals surface area (Å²) in [6.07, 6.45) is 6.72. The molecule has 0 bridgehead atoms. The maximum absolute atomic E-state index is 3.97. The Morgan fingerprint density at radius 2 is 1.78 bits per heavy atom. The zero-order chi connectivity index (χ0) is 16.7. The van der Waals surface area contributed by atoms with E-state index in [1.54, 1.807) is 13.3 Å². The van der Waals surface area contributed by atoms with E-state index in [0.717, 1.165) is 12.1 Å². The summed E-state index contributed by atoms with van der Waals surface area (Å²) in [5.41, 5.74) is 5.07. The topological polar surface area (TPSA) is 24.4 Å². The molecule has 2 aromatic carbocycles. The monoisotopic (exact) mass is 306 g/mol. The summed E-state index contributed by atoms with van der Waals surface area (Å²) in [4.78, 5) is 3.97. The van der Waals surface area contributed by atoms with Gasteiger partial charge in [0, 0.05) is 25.1 Å². The van der Waals surface area contributed by atoms with Crippen molar-refractivity contribution in [3.63, 3.8) is 0 Å². The summed E-state index contributed by atoms with van der Waals surface area (Å²) >= 11 is 0. The van der Waals surface area contributed by atoms with Gasteiger partial charge >= 0.3 is 0 Å². The second-order valence-electron chi connectivity index (χ2n) is 6.27. The Bertz CT molecular complexity index is 682. The quantitative estimate of drug-likeness (QED) is 0.683. The summed E-state index contributed by atoms with van der Waals surface area (Å²) in [6, 6.07) is 17.2. The highest BCUT2D eigenvalue weighted by molar-refractivity contribution is 5.74. The van der Waals surface area contributed by atoms with Crippen molar-refractivity contribution in [2.24, 2.45) is 4.99 Å². The lowest BCUT2D eigenvalue weighted by molar-refractivity contribution is 0.508. The maximum atomic E-state index is 3.97. The number of aliphatic imine (C=N–C) groups is 1. The number of hydrogen-bond donors (Lipinski definition) is 1. The van der Waals surface area contributed by atoms with Gasteiger partial charge in [-0.3, -0.25) is 4.99 Å². The van der Waals surface area contributed by atoms with Crippen molar-refractivity contribution < 1.29 is 0 Å². The molecular weight excluding hydrogens is 280 g/mol. The third kappa shape index (κ3) is 4.32. The van der Waals surface area contributed by atoms with Gasteiger partial charge in [0.1, 0.15) is 0 Å². The number of nitrogens with zero attached hydrogens (tertiary/aromatic N) is 1. The van der Waals surface area contributed by atoms with E-state index in [9.17, 15) is 0 Å². The number of nitrogens with one attached hydrogen (secondary N) is 1. The van der Waals surface area contributed by atoms with Crippen LogP contribution >= 0.6 is 0 Å². The van der Waals surface area contributed by atoms with Gasteiger partial charge in [0.05, 0.1) is 0 Å². The normalized spacial score (nSPS) is 12.2. The minimum atomic E-state index is 0.129. The number of anilines is 1. The van der Waals surface area contributed by atoms with Gasteiger partial charge in [0.25, 0.3) is 0 Å². The van der Waals surface area contributed by atoms with E-state index >= 15 is 0 Å². The molecule has 0 aromatic heterocycles. The fraction of sp³-hybridized carbons (Fsp3) is 0.286. The molecule has 0 aliphatic carbocycles. The van der Waals surface area contributed by atoms with Gasteiger partial charge < -0.3 is 5.32 Å². The first-order valence-corrected chi connectivity index (χ1v) is 8.12. The van der Waals surface area contributed by atoms with Gasteiger partial charge in [-0.25, -0.2) is 0 Å². The molecule has 0 heterocycles. The molecular formula is C21H26N2. The molecule has 1 N–H and O–H groups in total. The molecule has 2 nitrogen and oxygen atoms in total. The Kier molecular flexibility index (Phi) is 5.75. The Hall–Kier alpha value is -2.35. The second-order valence-corrected chi connectivity index (χ2v) is 6.27. The van der Waals surface area contributed by atoms with E-state index in [1.807, 2.05) is 18.3 Å². The first-order valence-electron chi connectivity index (χ1n) is 8.12. The largest absolute Gasteiger partial charge is 0.361 e. The number of rotatable bonds is 6. The Morgan fingerprint density at radius 3 is 2.43 bits per heavy atom. The van der Waals surface area contributed by atoms with Crippen molar-refractivity contribution in [1.82, 2.24) is 0 Å². The smallest absolute Gasteiger partial charge is 0.0424 e. The molecule has 0 saturated heterocycles. The molecule has 120 valence electrons. The van der Waals surface area contributed by atoms with E-state index in [4.69, 9.17) is 0 Å². The highest BCUT2D eigenvalue weighted by Crippen LogP contribution is 2.35. The lowest BCUT2D eigenvalue weighted by Crippen LogP contribution is -2.17. The zero-order valence-corrected chi connectivity index (χ0v) is 14.5. The third-order valence-corrected chi connectivity index (χ3v) is 4.31. The maximum Gasteiger partial charge on any atom is 0.0424 e. The van der Waals surface area contributed by atoms with E-state index in [-0.39, 0.29) is 5.41 Å². The van der Waals surface area contributed by atoms with Gasteiger partial charge in [-0.15, -0.1) is 0 Å². The number of allylic oxidation sites excluding steroid dienone is 1. The highest BCUT2D eigenvalue weighted by Gasteiger charge is 2.21. The fourth-order valence-corrected chi connectivity index (χ4v) is 2.52. The molecule has 2 aromatic rings. The lowest BCUT2D eigenvalue weighted by atomic mass is 9.80. The van der Waals surface area contributed by atoms with Crippen molar-refractivity contribution >= 4 is 11.9 Å². The average Bonchev–Trinajstić information content (AvgIpc) is 2.59. The van der Waals surface area contributed by atoms with Crippen molar-refractivity contribution in [2.75, 3.05) is 12.4 Å². The van der Waals surface area contributed by atoms with Gasteiger partial charge in [-0.2, -0.15) is 0 Å². The number of benzene rings is 2. The summed E-state index contributed by atoms with van der Waals surface area (Å²) < 4.78 is 0. The predicted octanol–water partition coefficient (Wildman–Crippen LogP) is 5.67. The first kappa shape index (κ1) is 17.0. The molecule has 0 saturated carbocycles. The summed E-state index contributed by atoms with van der Waals surface area (Å²) in [5.74, 6) is 0. The molecule has 0 aliphatic rings. The van der Waals surface area contributed by atoms with Gasteiger partial charge in [-0.1, -0.05) is 63.2 Å². The van der Waals surface area contributed by atoms with Gasteiger partial charge in [0.2, 0.25) is 0 Å². The van der Waals surface area contributed by atoms with Crippen LogP contribution in [-0.2, 0) is 5.41 Å². The van der Waals surface area contributed by atoms with E-state index < -0.39 is 0 Å². The van der Waals surface area contributed by atoms with Crippen LogP contribution in [0.4, 0.5) is 5.69 Å². The van der Waals surface area contributed by atoms with Crippen LogP contribution in [0.3, 0.4) is 0 Å². The Labute approximate surface area is 140 Å². The zero-order valence-electron chi connectivity index (χ0n) is 14.5. The Morgan fingerprint density at radius 1 is 1.04 bits per heavy atom. The molecule has 0 radical (unpaired) electrons. The second kappa shape index (κ2) is 7.77. The van der Waals surface area contributed by atoms with E-state index in [1.165, 1.54) is 16.7 Å². The molecule has 2 heteroatoms. The lowest BCUT2D eigenvalue weighted by Gasteiger charge is -2.27. The Balaban J connectivity index is 2.43. The van der Waals surface area contributed by atoms with Crippen LogP contribution in [0, 0.1) is 0 Å². The third-order valence-electron chi connectivity index (χ3n) is 4.31. The van der Waals surface area contributed by atoms with Crippen molar-refractivity contribution in [3.05, 3.63) is 66.4 Å². The average molecular weight is 306 g/mol. The molecule has 0 aliphatic heterocycles. The molecule has 0 amide bonds. The minimum absolute atomic E-state index is 0.129. The van der Waals surface area contributed by atoms with Crippen molar-refractivity contribution in [3.8, 4) is 11.1 Å². The van der Waals surface area contributed by atoms with Crippen LogP contribution in [0.25, 0.3) is 11.1 Å². The molecule has 0 unspecified atom stereocenters. The van der Waals surface area contributed by atoms with Crippen LogP contribution in [-0.4, -0.2) is 13.3 Å². The van der Waals surface area contributed by atoms with Crippen LogP contribution in [0.15, 0.2) is 65.8 Å².